The fraction of sp³-hybridized carbons (Fsp3) is 0.429. The van der Waals surface area contributed by atoms with Crippen LogP contribution in [0, 0.1) is 6.92 Å². The van der Waals surface area contributed by atoms with Gasteiger partial charge in [-0.15, -0.1) is 0 Å². The number of hydrogen-bond donors (Lipinski definition) is 2. The Morgan fingerprint density at radius 1 is 0.826 bits per heavy atom. The largest absolute Gasteiger partial charge is 0.505 e. The van der Waals surface area contributed by atoms with Crippen molar-refractivity contribution in [1.82, 2.24) is 0 Å². The summed E-state index contributed by atoms with van der Waals surface area (Å²) in [7, 11) is 0. The highest BCUT2D eigenvalue weighted by molar-refractivity contribution is 5.70. The van der Waals surface area contributed by atoms with Gasteiger partial charge in [-0.3, -0.25) is 0 Å². The molecule has 0 saturated heterocycles. The van der Waals surface area contributed by atoms with Crippen LogP contribution in [0.1, 0.15) is 58.2 Å². The van der Waals surface area contributed by atoms with Crippen LogP contribution in [-0.2, 0) is 10.8 Å². The Bertz CT molecular complexity index is 686. The van der Waals surface area contributed by atoms with Gasteiger partial charge in [-0.1, -0.05) is 65.3 Å². The van der Waals surface area contributed by atoms with Crippen LogP contribution >= 0.6 is 0 Å². The zero-order valence-electron chi connectivity index (χ0n) is 15.4. The third-order valence-corrected chi connectivity index (χ3v) is 4.11. The second kappa shape index (κ2) is 5.92. The van der Waals surface area contributed by atoms with Crippen molar-refractivity contribution in [3.05, 3.63) is 53.1 Å². The SMILES string of the molecule is Cc1ccc(Nc2cc(C(C)(C)C)cc(C(C)(C)C)c2O)cc1. The van der Waals surface area contributed by atoms with Crippen molar-refractivity contribution < 1.29 is 5.11 Å². The van der Waals surface area contributed by atoms with Crippen LogP contribution < -0.4 is 5.32 Å². The molecule has 2 heteroatoms. The number of anilines is 2. The molecule has 0 spiro atoms. The number of phenolic OH excluding ortho intramolecular Hbond substituents is 1. The Labute approximate surface area is 140 Å². The van der Waals surface area contributed by atoms with Gasteiger partial charge < -0.3 is 10.4 Å². The summed E-state index contributed by atoms with van der Waals surface area (Å²) >= 11 is 0. The zero-order chi connectivity index (χ0) is 17.4. The highest BCUT2D eigenvalue weighted by atomic mass is 16.3. The average Bonchev–Trinajstić information content (AvgIpc) is 2.41. The molecule has 2 aromatic carbocycles. The number of aromatic hydroxyl groups is 1. The van der Waals surface area contributed by atoms with E-state index in [2.05, 4.69) is 78.0 Å². The highest BCUT2D eigenvalue weighted by Crippen LogP contribution is 2.41. The van der Waals surface area contributed by atoms with Gasteiger partial charge in [0.25, 0.3) is 0 Å². The predicted molar refractivity (Wildman–Crippen MR) is 100.0 cm³/mol. The van der Waals surface area contributed by atoms with Gasteiger partial charge in [0.15, 0.2) is 0 Å². The fourth-order valence-corrected chi connectivity index (χ4v) is 2.53. The Kier molecular flexibility index (Phi) is 4.48. The number of benzene rings is 2. The molecule has 0 aliphatic carbocycles. The lowest BCUT2D eigenvalue weighted by Crippen LogP contribution is -2.17. The van der Waals surface area contributed by atoms with E-state index in [1.54, 1.807) is 0 Å². The van der Waals surface area contributed by atoms with Crippen LogP contribution in [0.5, 0.6) is 5.75 Å². The number of nitrogens with one attached hydrogen (secondary N) is 1. The van der Waals surface area contributed by atoms with Crippen molar-refractivity contribution in [2.75, 3.05) is 5.32 Å². The Morgan fingerprint density at radius 3 is 1.87 bits per heavy atom. The molecule has 0 aliphatic rings. The first-order chi connectivity index (χ1) is 10.5. The van der Waals surface area contributed by atoms with E-state index in [1.807, 2.05) is 12.1 Å². The molecule has 2 N–H and O–H groups in total. The fourth-order valence-electron chi connectivity index (χ4n) is 2.53. The van der Waals surface area contributed by atoms with E-state index in [1.165, 1.54) is 11.1 Å². The molecule has 0 saturated carbocycles. The first kappa shape index (κ1) is 17.4. The zero-order valence-corrected chi connectivity index (χ0v) is 15.4. The molecule has 0 radical (unpaired) electrons. The third kappa shape index (κ3) is 4.07. The van der Waals surface area contributed by atoms with Crippen LogP contribution in [0.4, 0.5) is 11.4 Å². The minimum absolute atomic E-state index is 0.0252. The van der Waals surface area contributed by atoms with Crippen LogP contribution in [0.25, 0.3) is 0 Å². The number of phenols is 1. The molecule has 2 aromatic rings. The van der Waals surface area contributed by atoms with Crippen LogP contribution in [0.3, 0.4) is 0 Å². The number of rotatable bonds is 2. The van der Waals surface area contributed by atoms with Crippen molar-refractivity contribution >= 4 is 11.4 Å². The van der Waals surface area contributed by atoms with E-state index in [4.69, 9.17) is 0 Å². The quantitative estimate of drug-likeness (QED) is 0.663. The summed E-state index contributed by atoms with van der Waals surface area (Å²) in [5.41, 5.74) is 5.07. The monoisotopic (exact) mass is 311 g/mol. The molecule has 2 nitrogen and oxygen atoms in total. The Hall–Kier alpha value is -1.96. The standard InChI is InChI=1S/C21H29NO/c1-14-8-10-16(11-9-14)22-18-13-15(20(2,3)4)12-17(19(18)23)21(5,6)7/h8-13,22-23H,1-7H3. The van der Waals surface area contributed by atoms with Gasteiger partial charge in [0.1, 0.15) is 5.75 Å². The molecule has 0 fully saturated rings. The Morgan fingerprint density at radius 2 is 1.39 bits per heavy atom. The minimum Gasteiger partial charge on any atom is -0.505 e. The first-order valence-electron chi connectivity index (χ1n) is 8.20. The van der Waals surface area contributed by atoms with Crippen LogP contribution in [-0.4, -0.2) is 5.11 Å². The van der Waals surface area contributed by atoms with Gasteiger partial charge in [-0.2, -0.15) is 0 Å². The first-order valence-corrected chi connectivity index (χ1v) is 8.20. The molecular formula is C21H29NO. The summed E-state index contributed by atoms with van der Waals surface area (Å²) < 4.78 is 0. The summed E-state index contributed by atoms with van der Waals surface area (Å²) in [4.78, 5) is 0. The topological polar surface area (TPSA) is 32.3 Å². The second-order valence-corrected chi connectivity index (χ2v) is 8.41. The van der Waals surface area contributed by atoms with Gasteiger partial charge in [0.2, 0.25) is 0 Å². The molecule has 0 aliphatic heterocycles. The molecule has 124 valence electrons. The minimum atomic E-state index is -0.116. The van der Waals surface area contributed by atoms with E-state index in [0.29, 0.717) is 5.75 Å². The molecule has 0 unspecified atom stereocenters. The second-order valence-electron chi connectivity index (χ2n) is 8.41. The van der Waals surface area contributed by atoms with E-state index < -0.39 is 0 Å². The van der Waals surface area contributed by atoms with E-state index in [9.17, 15) is 5.11 Å². The highest BCUT2D eigenvalue weighted by Gasteiger charge is 2.25. The summed E-state index contributed by atoms with van der Waals surface area (Å²) in [5.74, 6) is 0.339. The van der Waals surface area contributed by atoms with Gasteiger partial charge in [-0.05, 0) is 41.5 Å². The van der Waals surface area contributed by atoms with Crippen molar-refractivity contribution in [1.29, 1.82) is 0 Å². The number of hydrogen-bond acceptors (Lipinski definition) is 2. The van der Waals surface area contributed by atoms with Crippen LogP contribution in [0.2, 0.25) is 0 Å². The molecule has 0 atom stereocenters. The van der Waals surface area contributed by atoms with Crippen molar-refractivity contribution in [2.24, 2.45) is 0 Å². The Balaban J connectivity index is 2.55. The summed E-state index contributed by atoms with van der Waals surface area (Å²) in [6.45, 7) is 15.0. The number of aryl methyl sites for hydroxylation is 1. The molecule has 2 rings (SSSR count). The lowest BCUT2D eigenvalue weighted by atomic mass is 9.79. The third-order valence-electron chi connectivity index (χ3n) is 4.11. The van der Waals surface area contributed by atoms with Gasteiger partial charge in [0, 0.05) is 11.3 Å². The average molecular weight is 311 g/mol. The van der Waals surface area contributed by atoms with Crippen LogP contribution in [0.15, 0.2) is 36.4 Å². The summed E-state index contributed by atoms with van der Waals surface area (Å²) in [6.07, 6.45) is 0. The smallest absolute Gasteiger partial charge is 0.142 e. The maximum absolute atomic E-state index is 10.8. The maximum atomic E-state index is 10.8. The molecule has 0 aromatic heterocycles. The van der Waals surface area contributed by atoms with Crippen molar-refractivity contribution in [2.45, 2.75) is 59.3 Å². The summed E-state index contributed by atoms with van der Waals surface area (Å²) in [5, 5.41) is 14.1. The summed E-state index contributed by atoms with van der Waals surface area (Å²) in [6, 6.07) is 12.4. The van der Waals surface area contributed by atoms with E-state index in [0.717, 1.165) is 16.9 Å². The lowest BCUT2D eigenvalue weighted by molar-refractivity contribution is 0.447. The van der Waals surface area contributed by atoms with Gasteiger partial charge in [-0.25, -0.2) is 0 Å². The predicted octanol–water partition coefficient (Wildman–Crippen LogP) is 6.04. The molecule has 0 bridgehead atoms. The van der Waals surface area contributed by atoms with Gasteiger partial charge in [0.05, 0.1) is 5.69 Å². The van der Waals surface area contributed by atoms with E-state index in [-0.39, 0.29) is 10.8 Å². The lowest BCUT2D eigenvalue weighted by Gasteiger charge is -2.27. The molecular weight excluding hydrogens is 282 g/mol. The molecule has 0 amide bonds. The van der Waals surface area contributed by atoms with Gasteiger partial charge >= 0.3 is 0 Å². The normalized spacial score (nSPS) is 12.3. The molecule has 23 heavy (non-hydrogen) atoms. The van der Waals surface area contributed by atoms with E-state index >= 15 is 0 Å². The van der Waals surface area contributed by atoms with Crippen molar-refractivity contribution in [3.8, 4) is 5.75 Å². The van der Waals surface area contributed by atoms with Crippen molar-refractivity contribution in [3.63, 3.8) is 0 Å². The maximum Gasteiger partial charge on any atom is 0.142 e. The molecule has 0 heterocycles.